The molecule has 1 unspecified atom stereocenters. The molecule has 0 aromatic heterocycles. The lowest BCUT2D eigenvalue weighted by atomic mass is 9.79. The molecule has 1 spiro atoms. The van der Waals surface area contributed by atoms with Gasteiger partial charge in [0, 0.05) is 31.7 Å². The van der Waals surface area contributed by atoms with E-state index in [0.717, 1.165) is 6.61 Å². The molecule has 0 amide bonds. The van der Waals surface area contributed by atoms with Crippen molar-refractivity contribution >= 4 is 0 Å². The van der Waals surface area contributed by atoms with Crippen LogP contribution >= 0.6 is 0 Å². The summed E-state index contributed by atoms with van der Waals surface area (Å²) in [7, 11) is 2.23. The first kappa shape index (κ1) is 10.4. The van der Waals surface area contributed by atoms with Crippen molar-refractivity contribution < 1.29 is 4.74 Å². The minimum atomic E-state index is 0.316. The van der Waals surface area contributed by atoms with Crippen molar-refractivity contribution in [2.45, 2.75) is 26.5 Å². The van der Waals surface area contributed by atoms with E-state index in [1.807, 2.05) is 0 Å². The van der Waals surface area contributed by atoms with Crippen molar-refractivity contribution in [1.29, 1.82) is 0 Å². The predicted molar refractivity (Wildman–Crippen MR) is 57.2 cm³/mol. The van der Waals surface area contributed by atoms with Crippen molar-refractivity contribution in [3.8, 4) is 0 Å². The summed E-state index contributed by atoms with van der Waals surface area (Å²) >= 11 is 0. The lowest BCUT2D eigenvalue weighted by Gasteiger charge is -2.50. The summed E-state index contributed by atoms with van der Waals surface area (Å²) in [4.78, 5) is 4.89. The number of rotatable bonds is 3. The van der Waals surface area contributed by atoms with Crippen molar-refractivity contribution in [1.82, 2.24) is 9.80 Å². The molecule has 0 aliphatic carbocycles. The summed E-state index contributed by atoms with van der Waals surface area (Å²) in [5.41, 5.74) is 0.611. The van der Waals surface area contributed by atoms with Crippen LogP contribution in [0.25, 0.3) is 0 Å². The molecule has 2 aliphatic heterocycles. The molecule has 82 valence electrons. The van der Waals surface area contributed by atoms with E-state index in [1.165, 1.54) is 32.6 Å². The molecule has 14 heavy (non-hydrogen) atoms. The Morgan fingerprint density at radius 2 is 2.07 bits per heavy atom. The highest BCUT2D eigenvalue weighted by atomic mass is 16.5. The van der Waals surface area contributed by atoms with Gasteiger partial charge in [-0.05, 0) is 33.9 Å². The highest BCUT2D eigenvalue weighted by molar-refractivity contribution is 5.00. The predicted octanol–water partition coefficient (Wildman–Crippen LogP) is 1.01. The van der Waals surface area contributed by atoms with Crippen LogP contribution in [0.3, 0.4) is 0 Å². The van der Waals surface area contributed by atoms with Gasteiger partial charge in [0.1, 0.15) is 6.23 Å². The van der Waals surface area contributed by atoms with Crippen LogP contribution in [0, 0.1) is 5.41 Å². The minimum Gasteiger partial charge on any atom is -0.364 e. The quantitative estimate of drug-likeness (QED) is 0.673. The highest BCUT2D eigenvalue weighted by Crippen LogP contribution is 2.39. The molecule has 2 rings (SSSR count). The molecule has 0 bridgehead atoms. The van der Waals surface area contributed by atoms with Gasteiger partial charge in [0.25, 0.3) is 0 Å². The molecule has 1 atom stereocenters. The normalized spacial score (nSPS) is 29.4. The number of ether oxygens (including phenoxy) is 1. The van der Waals surface area contributed by atoms with Gasteiger partial charge in [-0.1, -0.05) is 0 Å². The summed E-state index contributed by atoms with van der Waals surface area (Å²) in [6, 6.07) is 0. The van der Waals surface area contributed by atoms with E-state index in [4.69, 9.17) is 4.74 Å². The fraction of sp³-hybridized carbons (Fsp3) is 1.00. The van der Waals surface area contributed by atoms with Gasteiger partial charge in [0.2, 0.25) is 0 Å². The van der Waals surface area contributed by atoms with Gasteiger partial charge in [-0.2, -0.15) is 0 Å². The average molecular weight is 198 g/mol. The van der Waals surface area contributed by atoms with Crippen LogP contribution in [0.1, 0.15) is 20.3 Å². The van der Waals surface area contributed by atoms with Gasteiger partial charge in [0.15, 0.2) is 0 Å². The highest BCUT2D eigenvalue weighted by Gasteiger charge is 2.47. The maximum atomic E-state index is 5.59. The monoisotopic (exact) mass is 198 g/mol. The molecule has 2 heterocycles. The van der Waals surface area contributed by atoms with Crippen LogP contribution in [0.4, 0.5) is 0 Å². The molecule has 2 aliphatic rings. The molecular formula is C11H22N2O. The van der Waals surface area contributed by atoms with Gasteiger partial charge in [-0.3, -0.25) is 4.90 Å². The van der Waals surface area contributed by atoms with E-state index in [1.54, 1.807) is 0 Å². The van der Waals surface area contributed by atoms with Gasteiger partial charge in [-0.25, -0.2) is 0 Å². The molecule has 0 radical (unpaired) electrons. The largest absolute Gasteiger partial charge is 0.364 e. The Hall–Kier alpha value is -0.120. The van der Waals surface area contributed by atoms with E-state index < -0.39 is 0 Å². The fourth-order valence-electron chi connectivity index (χ4n) is 2.84. The lowest BCUT2D eigenvalue weighted by Crippen LogP contribution is -2.60. The molecule has 0 saturated carbocycles. The second-order valence-electron chi connectivity index (χ2n) is 4.95. The molecule has 2 saturated heterocycles. The molecule has 0 N–H and O–H groups in total. The Bertz CT molecular complexity index is 201. The third-order valence-corrected chi connectivity index (χ3v) is 3.63. The molecule has 0 aromatic rings. The van der Waals surface area contributed by atoms with E-state index in [-0.39, 0.29) is 0 Å². The molecular weight excluding hydrogens is 176 g/mol. The first-order valence-electron chi connectivity index (χ1n) is 5.69. The first-order chi connectivity index (χ1) is 6.65. The Balaban J connectivity index is 1.78. The standard InChI is InChI=1S/C11H22N2O/c1-4-14-10(2)13-8-11(9-13)5-6-12(3)7-11/h10H,4-9H2,1-3H3. The number of hydrogen-bond acceptors (Lipinski definition) is 3. The van der Waals surface area contributed by atoms with E-state index in [2.05, 4.69) is 30.7 Å². The van der Waals surface area contributed by atoms with Gasteiger partial charge in [-0.15, -0.1) is 0 Å². The van der Waals surface area contributed by atoms with Crippen LogP contribution in [-0.4, -0.2) is 55.9 Å². The Morgan fingerprint density at radius 1 is 1.36 bits per heavy atom. The fourth-order valence-corrected chi connectivity index (χ4v) is 2.84. The molecule has 3 nitrogen and oxygen atoms in total. The van der Waals surface area contributed by atoms with Crippen molar-refractivity contribution in [3.63, 3.8) is 0 Å². The number of nitrogens with zero attached hydrogens (tertiary/aromatic N) is 2. The molecule has 3 heteroatoms. The summed E-state index contributed by atoms with van der Waals surface area (Å²) < 4.78 is 5.59. The van der Waals surface area contributed by atoms with E-state index in [0.29, 0.717) is 11.6 Å². The Kier molecular flexibility index (Phi) is 2.82. The van der Waals surface area contributed by atoms with Crippen LogP contribution in [0.15, 0.2) is 0 Å². The second-order valence-corrected chi connectivity index (χ2v) is 4.95. The van der Waals surface area contributed by atoms with Gasteiger partial charge >= 0.3 is 0 Å². The molecule has 0 aromatic carbocycles. The zero-order valence-corrected chi connectivity index (χ0v) is 9.62. The third kappa shape index (κ3) is 1.81. The van der Waals surface area contributed by atoms with Crippen molar-refractivity contribution in [2.75, 3.05) is 39.8 Å². The average Bonchev–Trinajstić information content (AvgIpc) is 2.45. The summed E-state index contributed by atoms with van der Waals surface area (Å²) in [6.45, 7) is 10.1. The maximum Gasteiger partial charge on any atom is 0.107 e. The number of hydrogen-bond donors (Lipinski definition) is 0. The van der Waals surface area contributed by atoms with Crippen LogP contribution < -0.4 is 0 Å². The van der Waals surface area contributed by atoms with Gasteiger partial charge in [0.05, 0.1) is 0 Å². The number of likely N-dealkylation sites (tertiary alicyclic amines) is 2. The zero-order chi connectivity index (χ0) is 10.2. The van der Waals surface area contributed by atoms with Crippen molar-refractivity contribution in [3.05, 3.63) is 0 Å². The summed E-state index contributed by atoms with van der Waals surface area (Å²) in [5.74, 6) is 0. The summed E-state index contributed by atoms with van der Waals surface area (Å²) in [6.07, 6.45) is 1.69. The third-order valence-electron chi connectivity index (χ3n) is 3.63. The topological polar surface area (TPSA) is 15.7 Å². The molecule has 2 fully saturated rings. The smallest absolute Gasteiger partial charge is 0.107 e. The minimum absolute atomic E-state index is 0.316. The SMILES string of the molecule is CCOC(C)N1CC2(CCN(C)C2)C1. The summed E-state index contributed by atoms with van der Waals surface area (Å²) in [5, 5.41) is 0. The lowest BCUT2D eigenvalue weighted by molar-refractivity contribution is -0.125. The Morgan fingerprint density at radius 3 is 2.57 bits per heavy atom. The first-order valence-corrected chi connectivity index (χ1v) is 5.69. The van der Waals surface area contributed by atoms with E-state index in [9.17, 15) is 0 Å². The van der Waals surface area contributed by atoms with E-state index >= 15 is 0 Å². The Labute approximate surface area is 87.0 Å². The van der Waals surface area contributed by atoms with Crippen molar-refractivity contribution in [2.24, 2.45) is 5.41 Å². The zero-order valence-electron chi connectivity index (χ0n) is 9.62. The maximum absolute atomic E-state index is 5.59. The van der Waals surface area contributed by atoms with Crippen LogP contribution in [0.5, 0.6) is 0 Å². The van der Waals surface area contributed by atoms with Crippen LogP contribution in [0.2, 0.25) is 0 Å². The second kappa shape index (κ2) is 3.80. The van der Waals surface area contributed by atoms with Crippen LogP contribution in [-0.2, 0) is 4.74 Å². The van der Waals surface area contributed by atoms with Gasteiger partial charge < -0.3 is 9.64 Å².